The van der Waals surface area contributed by atoms with Crippen molar-refractivity contribution in [2.45, 2.75) is 0 Å². The number of carbonyl (C=O) groups is 1. The van der Waals surface area contributed by atoms with Crippen LogP contribution in [0, 0.1) is 5.95 Å². The molecule has 4 N–H and O–H groups in total. The van der Waals surface area contributed by atoms with Crippen molar-refractivity contribution in [3.05, 3.63) is 54.1 Å². The average molecular weight is 310 g/mol. The van der Waals surface area contributed by atoms with E-state index in [0.29, 0.717) is 5.69 Å². The second-order valence-electron chi connectivity index (χ2n) is 4.05. The summed E-state index contributed by atoms with van der Waals surface area (Å²) in [6.45, 7) is 0. The van der Waals surface area contributed by atoms with E-state index >= 15 is 0 Å². The van der Waals surface area contributed by atoms with E-state index in [1.54, 1.807) is 6.07 Å². The zero-order valence-corrected chi connectivity index (χ0v) is 11.4. The fourth-order valence-electron chi connectivity index (χ4n) is 1.54. The molecule has 0 spiro atoms. The first kappa shape index (κ1) is 14.9. The molecule has 0 saturated heterocycles. The van der Waals surface area contributed by atoms with Crippen LogP contribution in [-0.2, 0) is 10.2 Å². The molecule has 1 aromatic carbocycles. The molecule has 110 valence electrons. The number of nitrogens with two attached hydrogens (primary N) is 1. The second kappa shape index (κ2) is 5.85. The van der Waals surface area contributed by atoms with Crippen molar-refractivity contribution in [1.82, 2.24) is 4.98 Å². The van der Waals surface area contributed by atoms with Crippen molar-refractivity contribution in [2.24, 2.45) is 5.14 Å². The lowest BCUT2D eigenvalue weighted by Gasteiger charge is -2.08. The van der Waals surface area contributed by atoms with E-state index in [1.165, 1.54) is 24.3 Å². The highest BCUT2D eigenvalue weighted by molar-refractivity contribution is 7.90. The Labute approximate surface area is 120 Å². The van der Waals surface area contributed by atoms with E-state index in [2.05, 4.69) is 15.0 Å². The molecule has 1 aromatic heterocycles. The quantitative estimate of drug-likeness (QED) is 0.733. The van der Waals surface area contributed by atoms with Gasteiger partial charge in [-0.2, -0.15) is 12.8 Å². The third-order valence-corrected chi connectivity index (χ3v) is 2.89. The highest BCUT2D eigenvalue weighted by Crippen LogP contribution is 2.16. The van der Waals surface area contributed by atoms with E-state index < -0.39 is 22.1 Å². The third kappa shape index (κ3) is 4.51. The van der Waals surface area contributed by atoms with Crippen molar-refractivity contribution in [2.75, 3.05) is 10.0 Å². The van der Waals surface area contributed by atoms with E-state index in [0.717, 1.165) is 12.3 Å². The number of benzene rings is 1. The van der Waals surface area contributed by atoms with E-state index in [1.807, 2.05) is 0 Å². The predicted molar refractivity (Wildman–Crippen MR) is 75.3 cm³/mol. The van der Waals surface area contributed by atoms with Crippen molar-refractivity contribution in [3.63, 3.8) is 0 Å². The van der Waals surface area contributed by atoms with Gasteiger partial charge < -0.3 is 5.32 Å². The minimum atomic E-state index is -3.89. The molecule has 0 bridgehead atoms. The number of carbonyl (C=O) groups excluding carboxylic acids is 1. The highest BCUT2D eigenvalue weighted by Gasteiger charge is 2.08. The molecular weight excluding hydrogens is 299 g/mol. The summed E-state index contributed by atoms with van der Waals surface area (Å²) in [5.74, 6) is -1.19. The van der Waals surface area contributed by atoms with Gasteiger partial charge in [-0.25, -0.2) is 10.1 Å². The minimum absolute atomic E-state index is 0.168. The summed E-state index contributed by atoms with van der Waals surface area (Å²) in [5.41, 5.74) is 0.715. The fourth-order valence-corrected chi connectivity index (χ4v) is 1.99. The van der Waals surface area contributed by atoms with E-state index in [-0.39, 0.29) is 11.3 Å². The molecular formula is C12H11FN4O3S. The van der Waals surface area contributed by atoms with Crippen molar-refractivity contribution < 1.29 is 17.6 Å². The SMILES string of the molecule is NS(=O)(=O)Nc1cccc(NC(=O)c2ccc(F)nc2)c1. The van der Waals surface area contributed by atoms with Crippen LogP contribution in [0.5, 0.6) is 0 Å². The van der Waals surface area contributed by atoms with Crippen molar-refractivity contribution in [1.29, 1.82) is 0 Å². The number of hydrogen-bond donors (Lipinski definition) is 3. The molecule has 2 rings (SSSR count). The third-order valence-electron chi connectivity index (χ3n) is 2.37. The standard InChI is InChI=1S/C12H11FN4O3S/c13-11-5-4-8(7-15-11)12(18)16-9-2-1-3-10(6-9)17-21(14,19)20/h1-7,17H,(H,16,18)(H2,14,19,20). The lowest BCUT2D eigenvalue weighted by Crippen LogP contribution is -2.21. The molecule has 7 nitrogen and oxygen atoms in total. The molecule has 0 aliphatic rings. The number of hydrogen-bond acceptors (Lipinski definition) is 4. The van der Waals surface area contributed by atoms with Crippen LogP contribution in [0.4, 0.5) is 15.8 Å². The Morgan fingerprint density at radius 1 is 1.19 bits per heavy atom. The Kier molecular flexibility index (Phi) is 4.15. The maximum atomic E-state index is 12.7. The van der Waals surface area contributed by atoms with Gasteiger partial charge >= 0.3 is 0 Å². The topological polar surface area (TPSA) is 114 Å². The first-order valence-corrected chi connectivity index (χ1v) is 7.22. The average Bonchev–Trinajstić information content (AvgIpc) is 2.37. The summed E-state index contributed by atoms with van der Waals surface area (Å²) in [5, 5.41) is 7.38. The summed E-state index contributed by atoms with van der Waals surface area (Å²) < 4.78 is 36.6. The molecule has 0 aliphatic carbocycles. The molecule has 0 fully saturated rings. The van der Waals surface area contributed by atoms with Crippen LogP contribution in [0.15, 0.2) is 42.6 Å². The van der Waals surface area contributed by atoms with Gasteiger partial charge in [-0.1, -0.05) is 6.07 Å². The summed E-state index contributed by atoms with van der Waals surface area (Å²) in [7, 11) is -3.89. The van der Waals surface area contributed by atoms with Gasteiger partial charge in [0.2, 0.25) is 5.95 Å². The Bertz CT molecular complexity index is 762. The highest BCUT2D eigenvalue weighted by atomic mass is 32.2. The normalized spacial score (nSPS) is 11.0. The Morgan fingerprint density at radius 3 is 2.52 bits per heavy atom. The van der Waals surface area contributed by atoms with Crippen molar-refractivity contribution in [3.8, 4) is 0 Å². The lowest BCUT2D eigenvalue weighted by atomic mass is 10.2. The first-order chi connectivity index (χ1) is 9.83. The van der Waals surface area contributed by atoms with E-state index in [4.69, 9.17) is 5.14 Å². The van der Waals surface area contributed by atoms with Crippen LogP contribution in [0.1, 0.15) is 10.4 Å². The molecule has 2 aromatic rings. The fraction of sp³-hybridized carbons (Fsp3) is 0. The molecule has 0 saturated carbocycles. The van der Waals surface area contributed by atoms with Gasteiger partial charge in [-0.05, 0) is 30.3 Å². The molecule has 9 heteroatoms. The molecule has 0 aliphatic heterocycles. The van der Waals surface area contributed by atoms with Gasteiger partial charge in [-0.3, -0.25) is 9.52 Å². The number of amides is 1. The number of anilines is 2. The Hall–Kier alpha value is -2.52. The maximum Gasteiger partial charge on any atom is 0.296 e. The zero-order chi connectivity index (χ0) is 15.5. The van der Waals surface area contributed by atoms with Gasteiger partial charge in [0.1, 0.15) is 0 Å². The van der Waals surface area contributed by atoms with Gasteiger partial charge in [0.15, 0.2) is 0 Å². The number of nitrogens with one attached hydrogen (secondary N) is 2. The lowest BCUT2D eigenvalue weighted by molar-refractivity contribution is 0.102. The molecule has 0 unspecified atom stereocenters. The predicted octanol–water partition coefficient (Wildman–Crippen LogP) is 1.09. The van der Waals surface area contributed by atoms with Crippen LogP contribution >= 0.6 is 0 Å². The van der Waals surface area contributed by atoms with Gasteiger partial charge in [-0.15, -0.1) is 0 Å². The summed E-state index contributed by atoms with van der Waals surface area (Å²) in [6, 6.07) is 8.30. The maximum absolute atomic E-state index is 12.7. The molecule has 21 heavy (non-hydrogen) atoms. The van der Waals surface area contributed by atoms with E-state index in [9.17, 15) is 17.6 Å². The number of rotatable bonds is 4. The summed E-state index contributed by atoms with van der Waals surface area (Å²) >= 11 is 0. The summed E-state index contributed by atoms with van der Waals surface area (Å²) in [4.78, 5) is 15.3. The Balaban J connectivity index is 2.14. The van der Waals surface area contributed by atoms with Gasteiger partial charge in [0.05, 0.1) is 11.3 Å². The molecule has 1 heterocycles. The van der Waals surface area contributed by atoms with Crippen LogP contribution < -0.4 is 15.2 Å². The van der Waals surface area contributed by atoms with Gasteiger partial charge in [0.25, 0.3) is 16.1 Å². The smallest absolute Gasteiger partial charge is 0.296 e. The number of nitrogens with zero attached hydrogens (tertiary/aromatic N) is 1. The first-order valence-electron chi connectivity index (χ1n) is 5.67. The number of pyridine rings is 1. The van der Waals surface area contributed by atoms with Crippen molar-refractivity contribution >= 4 is 27.5 Å². The van der Waals surface area contributed by atoms with Crippen LogP contribution in [0.3, 0.4) is 0 Å². The molecule has 1 amide bonds. The second-order valence-corrected chi connectivity index (χ2v) is 5.35. The summed E-state index contributed by atoms with van der Waals surface area (Å²) in [6.07, 6.45) is 1.09. The Morgan fingerprint density at radius 2 is 1.90 bits per heavy atom. The zero-order valence-electron chi connectivity index (χ0n) is 10.6. The van der Waals surface area contributed by atoms with Gasteiger partial charge in [0, 0.05) is 11.9 Å². The molecule has 0 radical (unpaired) electrons. The molecule has 0 atom stereocenters. The monoisotopic (exact) mass is 310 g/mol. The van der Waals surface area contributed by atoms with Crippen LogP contribution in [0.25, 0.3) is 0 Å². The largest absolute Gasteiger partial charge is 0.322 e. The van der Waals surface area contributed by atoms with Crippen LogP contribution in [0.2, 0.25) is 0 Å². The number of aromatic nitrogens is 1. The number of halogens is 1. The minimum Gasteiger partial charge on any atom is -0.322 e. The van der Waals surface area contributed by atoms with Crippen LogP contribution in [-0.4, -0.2) is 19.3 Å².